The molecular formula is C10H7NO6S2-2. The molecule has 0 aromatic heterocycles. The summed E-state index contributed by atoms with van der Waals surface area (Å²) in [6.07, 6.45) is 0. The highest BCUT2D eigenvalue weighted by molar-refractivity contribution is 7.86. The van der Waals surface area contributed by atoms with Crippen LogP contribution in [0.25, 0.3) is 10.8 Å². The standard InChI is InChI=1S/C10H9NO6S2/c11-8-5-4-6-7(10(8)19(15,16)17)2-1-3-9(6)18(12,13)14/h1-5H,11H2,(H,12,13,14)(H,15,16,17)/p-2. The van der Waals surface area contributed by atoms with Crippen LogP contribution >= 0.6 is 0 Å². The number of hydrogen-bond donors (Lipinski definition) is 1. The maximum atomic E-state index is 11.2. The predicted octanol–water partition coefficient (Wildman–Crippen LogP) is 0.230. The van der Waals surface area contributed by atoms with Crippen molar-refractivity contribution in [3.05, 3.63) is 30.3 Å². The van der Waals surface area contributed by atoms with Gasteiger partial charge >= 0.3 is 0 Å². The molecule has 102 valence electrons. The first-order valence-corrected chi connectivity index (χ1v) is 7.67. The molecule has 0 unspecified atom stereocenters. The molecule has 0 saturated heterocycles. The van der Waals surface area contributed by atoms with E-state index in [0.29, 0.717) is 0 Å². The molecule has 0 saturated carbocycles. The van der Waals surface area contributed by atoms with Crippen molar-refractivity contribution in [2.75, 3.05) is 5.73 Å². The van der Waals surface area contributed by atoms with E-state index in [9.17, 15) is 25.9 Å². The van der Waals surface area contributed by atoms with E-state index in [0.717, 1.165) is 12.1 Å². The molecule has 0 fully saturated rings. The fraction of sp³-hybridized carbons (Fsp3) is 0. The van der Waals surface area contributed by atoms with E-state index >= 15 is 0 Å². The third kappa shape index (κ3) is 2.40. The fourth-order valence-electron chi connectivity index (χ4n) is 1.82. The number of nitrogens with two attached hydrogens (primary N) is 1. The highest BCUT2D eigenvalue weighted by Crippen LogP contribution is 2.31. The van der Waals surface area contributed by atoms with Crippen molar-refractivity contribution >= 4 is 36.7 Å². The second-order valence-corrected chi connectivity index (χ2v) is 6.41. The van der Waals surface area contributed by atoms with E-state index in [4.69, 9.17) is 5.73 Å². The summed E-state index contributed by atoms with van der Waals surface area (Å²) in [5.41, 5.74) is 5.12. The third-order valence-electron chi connectivity index (χ3n) is 2.52. The summed E-state index contributed by atoms with van der Waals surface area (Å²) >= 11 is 0. The largest absolute Gasteiger partial charge is 0.744 e. The van der Waals surface area contributed by atoms with Crippen molar-refractivity contribution in [1.82, 2.24) is 0 Å². The van der Waals surface area contributed by atoms with Gasteiger partial charge in [-0.3, -0.25) is 0 Å². The van der Waals surface area contributed by atoms with Crippen molar-refractivity contribution in [3.8, 4) is 0 Å². The van der Waals surface area contributed by atoms with Crippen LogP contribution < -0.4 is 5.73 Å². The van der Waals surface area contributed by atoms with Crippen molar-refractivity contribution in [2.24, 2.45) is 0 Å². The minimum absolute atomic E-state index is 0.152. The van der Waals surface area contributed by atoms with E-state index in [-0.39, 0.29) is 16.5 Å². The van der Waals surface area contributed by atoms with Crippen LogP contribution in [0.4, 0.5) is 5.69 Å². The number of benzene rings is 2. The summed E-state index contributed by atoms with van der Waals surface area (Å²) in [7, 11) is -9.69. The van der Waals surface area contributed by atoms with Crippen molar-refractivity contribution in [3.63, 3.8) is 0 Å². The number of hydrogen-bond acceptors (Lipinski definition) is 7. The molecule has 9 heteroatoms. The van der Waals surface area contributed by atoms with Crippen molar-refractivity contribution in [1.29, 1.82) is 0 Å². The summed E-state index contributed by atoms with van der Waals surface area (Å²) < 4.78 is 66.7. The first-order valence-electron chi connectivity index (χ1n) is 4.85. The number of rotatable bonds is 2. The van der Waals surface area contributed by atoms with Crippen LogP contribution in [0.5, 0.6) is 0 Å². The lowest BCUT2D eigenvalue weighted by atomic mass is 10.1. The Morgan fingerprint density at radius 3 is 2.00 bits per heavy atom. The second-order valence-electron chi connectivity index (χ2n) is 3.74. The maximum Gasteiger partial charge on any atom is 0.127 e. The van der Waals surface area contributed by atoms with E-state index in [1.54, 1.807) is 0 Å². The van der Waals surface area contributed by atoms with Gasteiger partial charge in [0, 0.05) is 16.5 Å². The molecule has 0 bridgehead atoms. The Balaban J connectivity index is 3.07. The Labute approximate surface area is 109 Å². The monoisotopic (exact) mass is 301 g/mol. The van der Waals surface area contributed by atoms with Crippen LogP contribution in [-0.2, 0) is 20.2 Å². The molecule has 0 aliphatic carbocycles. The molecule has 0 aliphatic rings. The molecule has 0 spiro atoms. The summed E-state index contributed by atoms with van der Waals surface area (Å²) in [6, 6.07) is 5.67. The molecule has 0 heterocycles. The normalized spacial score (nSPS) is 12.7. The molecule has 2 rings (SSSR count). The zero-order chi connectivity index (χ0) is 14.4. The summed E-state index contributed by atoms with van der Waals surface area (Å²) in [4.78, 5) is -1.33. The average molecular weight is 301 g/mol. The molecule has 7 nitrogen and oxygen atoms in total. The first kappa shape index (κ1) is 13.7. The highest BCUT2D eigenvalue weighted by Gasteiger charge is 2.15. The molecule has 2 aromatic rings. The van der Waals surface area contributed by atoms with Crippen LogP contribution in [0.1, 0.15) is 0 Å². The van der Waals surface area contributed by atoms with Gasteiger partial charge in [-0.2, -0.15) is 0 Å². The topological polar surface area (TPSA) is 140 Å². The quantitative estimate of drug-likeness (QED) is 0.618. The van der Waals surface area contributed by atoms with Crippen molar-refractivity contribution < 1.29 is 25.9 Å². The second kappa shape index (κ2) is 4.17. The maximum absolute atomic E-state index is 11.2. The molecular weight excluding hydrogens is 294 g/mol. The molecule has 0 radical (unpaired) electrons. The Morgan fingerprint density at radius 1 is 0.842 bits per heavy atom. The van der Waals surface area contributed by atoms with Gasteiger partial charge in [0.25, 0.3) is 0 Å². The molecule has 19 heavy (non-hydrogen) atoms. The van der Waals surface area contributed by atoms with Gasteiger partial charge in [0.05, 0.1) is 9.79 Å². The van der Waals surface area contributed by atoms with Crippen LogP contribution in [-0.4, -0.2) is 25.9 Å². The molecule has 2 aromatic carbocycles. The van der Waals surface area contributed by atoms with Gasteiger partial charge in [0.15, 0.2) is 0 Å². The SMILES string of the molecule is Nc1ccc2c(S(=O)(=O)[O-])cccc2c1S(=O)(=O)[O-]. The first-order chi connectivity index (χ1) is 8.62. The van der Waals surface area contributed by atoms with Gasteiger partial charge < -0.3 is 14.8 Å². The Bertz CT molecular complexity index is 870. The summed E-state index contributed by atoms with van der Waals surface area (Å²) in [6.45, 7) is 0. The lowest BCUT2D eigenvalue weighted by molar-refractivity contribution is 0.461. The van der Waals surface area contributed by atoms with Gasteiger partial charge in [-0.1, -0.05) is 18.2 Å². The van der Waals surface area contributed by atoms with Gasteiger partial charge in [-0.25, -0.2) is 16.8 Å². The van der Waals surface area contributed by atoms with E-state index in [2.05, 4.69) is 0 Å². The Morgan fingerprint density at radius 2 is 1.47 bits per heavy atom. The number of nitrogen functional groups attached to an aromatic ring is 1. The smallest absolute Gasteiger partial charge is 0.127 e. The lowest BCUT2D eigenvalue weighted by Gasteiger charge is -2.16. The Kier molecular flexibility index (Phi) is 3.01. The minimum Gasteiger partial charge on any atom is -0.744 e. The predicted molar refractivity (Wildman–Crippen MR) is 64.3 cm³/mol. The number of fused-ring (bicyclic) bond motifs is 1. The van der Waals surface area contributed by atoms with Gasteiger partial charge in [-0.05, 0) is 12.1 Å². The van der Waals surface area contributed by atoms with Crippen molar-refractivity contribution in [2.45, 2.75) is 9.79 Å². The van der Waals surface area contributed by atoms with Crippen LogP contribution in [0.15, 0.2) is 40.1 Å². The summed E-state index contributed by atoms with van der Waals surface area (Å²) in [5, 5.41) is -0.340. The minimum atomic E-state index is -4.89. The zero-order valence-electron chi connectivity index (χ0n) is 9.23. The van der Waals surface area contributed by atoms with Gasteiger partial charge in [0.1, 0.15) is 20.2 Å². The molecule has 0 atom stereocenters. The Hall–Kier alpha value is -1.68. The highest BCUT2D eigenvalue weighted by atomic mass is 32.2. The van der Waals surface area contributed by atoms with Gasteiger partial charge in [0.2, 0.25) is 0 Å². The van der Waals surface area contributed by atoms with E-state index in [1.807, 2.05) is 0 Å². The van der Waals surface area contributed by atoms with Crippen LogP contribution in [0.3, 0.4) is 0 Å². The van der Waals surface area contributed by atoms with Gasteiger partial charge in [-0.15, -0.1) is 0 Å². The van der Waals surface area contributed by atoms with Crippen LogP contribution in [0, 0.1) is 0 Å². The average Bonchev–Trinajstić information content (AvgIpc) is 2.24. The summed E-state index contributed by atoms with van der Waals surface area (Å²) in [5.74, 6) is 0. The fourth-order valence-corrected chi connectivity index (χ4v) is 3.31. The van der Waals surface area contributed by atoms with E-state index in [1.165, 1.54) is 18.2 Å². The molecule has 2 N–H and O–H groups in total. The zero-order valence-corrected chi connectivity index (χ0v) is 10.9. The van der Waals surface area contributed by atoms with Crippen LogP contribution in [0.2, 0.25) is 0 Å². The molecule has 0 aliphatic heterocycles. The third-order valence-corrected chi connectivity index (χ3v) is 4.37. The van der Waals surface area contributed by atoms with E-state index < -0.39 is 30.0 Å². The molecule has 0 amide bonds. The lowest BCUT2D eigenvalue weighted by Crippen LogP contribution is -2.06. The number of anilines is 1.